The zero-order valence-corrected chi connectivity index (χ0v) is 20.7. The topological polar surface area (TPSA) is 132 Å². The van der Waals surface area contributed by atoms with Crippen LogP contribution in [0.5, 0.6) is 0 Å². The lowest BCUT2D eigenvalue weighted by molar-refractivity contribution is -0.384. The summed E-state index contributed by atoms with van der Waals surface area (Å²) in [7, 11) is 0. The van der Waals surface area contributed by atoms with Gasteiger partial charge in [-0.1, -0.05) is 41.0 Å². The van der Waals surface area contributed by atoms with Gasteiger partial charge in [0, 0.05) is 29.4 Å². The number of allylic oxidation sites excluding steroid dienone is 1. The summed E-state index contributed by atoms with van der Waals surface area (Å²) < 4.78 is 1.74. The Kier molecular flexibility index (Phi) is 8.85. The largest absolute Gasteiger partial charge is 0.342 e. The fourth-order valence-corrected chi connectivity index (χ4v) is 4.28. The van der Waals surface area contributed by atoms with Crippen molar-refractivity contribution in [3.8, 4) is 0 Å². The Balaban J connectivity index is 1.66. The summed E-state index contributed by atoms with van der Waals surface area (Å²) in [5, 5.41) is 25.7. The van der Waals surface area contributed by atoms with Crippen molar-refractivity contribution in [3.63, 3.8) is 0 Å². The fraction of sp³-hybridized carbons (Fsp3) is 0.182. The molecule has 1 atom stereocenters. The molecule has 0 saturated heterocycles. The lowest BCUT2D eigenvalue weighted by Crippen LogP contribution is -2.29. The van der Waals surface area contributed by atoms with E-state index in [1.54, 1.807) is 23.6 Å². The highest BCUT2D eigenvalue weighted by Crippen LogP contribution is 2.24. The Morgan fingerprint density at radius 3 is 2.57 bits per heavy atom. The molecule has 13 heteroatoms. The number of thioether (sulfide) groups is 1. The average Bonchev–Trinajstić information content (AvgIpc) is 3.21. The number of nitrogens with one attached hydrogen (secondary N) is 2. The highest BCUT2D eigenvalue weighted by molar-refractivity contribution is 7.99. The van der Waals surface area contributed by atoms with Crippen molar-refractivity contribution in [2.24, 2.45) is 0 Å². The van der Waals surface area contributed by atoms with Gasteiger partial charge in [0.1, 0.15) is 0 Å². The van der Waals surface area contributed by atoms with Gasteiger partial charge in [0.15, 0.2) is 11.0 Å². The maximum absolute atomic E-state index is 12.7. The first-order chi connectivity index (χ1) is 16.7. The van der Waals surface area contributed by atoms with Crippen LogP contribution >= 0.6 is 35.0 Å². The molecule has 3 rings (SSSR count). The van der Waals surface area contributed by atoms with E-state index in [1.807, 2.05) is 0 Å². The maximum atomic E-state index is 12.7. The third-order valence-corrected chi connectivity index (χ3v) is 6.18. The quantitative estimate of drug-likeness (QED) is 0.163. The lowest BCUT2D eigenvalue weighted by Gasteiger charge is -2.16. The molecule has 1 aromatic heterocycles. The normalized spacial score (nSPS) is 11.5. The van der Waals surface area contributed by atoms with E-state index in [9.17, 15) is 19.7 Å². The fourth-order valence-electron chi connectivity index (χ4n) is 3.03. The van der Waals surface area contributed by atoms with Crippen molar-refractivity contribution >= 4 is 58.2 Å². The van der Waals surface area contributed by atoms with E-state index in [2.05, 4.69) is 27.4 Å². The first-order valence-electron chi connectivity index (χ1n) is 10.2. The molecular weight excluding hydrogens is 515 g/mol. The van der Waals surface area contributed by atoms with Crippen molar-refractivity contribution in [1.82, 2.24) is 20.1 Å². The molecular formula is C22H20Cl2N6O4S. The number of carbonyl (C=O) groups is 2. The van der Waals surface area contributed by atoms with E-state index < -0.39 is 16.9 Å². The summed E-state index contributed by atoms with van der Waals surface area (Å²) in [6, 6.07) is 9.59. The number of rotatable bonds is 10. The van der Waals surface area contributed by atoms with Gasteiger partial charge < -0.3 is 15.2 Å². The summed E-state index contributed by atoms with van der Waals surface area (Å²) in [4.78, 5) is 35.3. The second kappa shape index (κ2) is 11.8. The van der Waals surface area contributed by atoms with E-state index in [4.69, 9.17) is 23.2 Å². The molecule has 1 unspecified atom stereocenters. The van der Waals surface area contributed by atoms with Crippen molar-refractivity contribution < 1.29 is 14.5 Å². The summed E-state index contributed by atoms with van der Waals surface area (Å²) in [5.41, 5.74) is 0.642. The monoisotopic (exact) mass is 534 g/mol. The Morgan fingerprint density at radius 1 is 1.23 bits per heavy atom. The number of amides is 2. The second-order valence-corrected chi connectivity index (χ2v) is 8.99. The Morgan fingerprint density at radius 2 is 1.94 bits per heavy atom. The van der Waals surface area contributed by atoms with Crippen molar-refractivity contribution in [2.45, 2.75) is 24.7 Å². The van der Waals surface area contributed by atoms with Gasteiger partial charge in [0.25, 0.3) is 11.6 Å². The predicted octanol–water partition coefficient (Wildman–Crippen LogP) is 4.90. The molecule has 0 aliphatic rings. The van der Waals surface area contributed by atoms with Crippen LogP contribution < -0.4 is 10.6 Å². The Hall–Kier alpha value is -3.41. The Labute approximate surface area is 214 Å². The molecule has 2 amide bonds. The van der Waals surface area contributed by atoms with E-state index in [0.717, 1.165) is 11.8 Å². The number of anilines is 1. The standard InChI is InChI=1S/C22H20Cl2N6O4S/c1-3-10-29-20(13(2)25-21(32)17-9-4-14(23)11-18(17)24)27-28-22(29)35-12-19(31)26-15-5-7-16(8-6-15)30(33)34/h3-9,11,13H,1,10,12H2,2H3,(H,25,32)(H,26,31). The molecule has 0 aliphatic carbocycles. The molecule has 0 aliphatic heterocycles. The number of aromatic nitrogens is 3. The van der Waals surface area contributed by atoms with E-state index in [1.165, 1.54) is 36.4 Å². The van der Waals surface area contributed by atoms with Crippen molar-refractivity contribution in [3.05, 3.63) is 86.7 Å². The van der Waals surface area contributed by atoms with Crippen LogP contribution in [0.3, 0.4) is 0 Å². The van der Waals surface area contributed by atoms with Crippen LogP contribution in [0.1, 0.15) is 29.1 Å². The van der Waals surface area contributed by atoms with Gasteiger partial charge in [-0.3, -0.25) is 19.7 Å². The molecule has 0 radical (unpaired) electrons. The van der Waals surface area contributed by atoms with E-state index in [-0.39, 0.29) is 27.9 Å². The number of halogens is 2. The smallest absolute Gasteiger partial charge is 0.269 e. The maximum Gasteiger partial charge on any atom is 0.269 e. The van der Waals surface area contributed by atoms with Gasteiger partial charge >= 0.3 is 0 Å². The molecule has 182 valence electrons. The highest BCUT2D eigenvalue weighted by Gasteiger charge is 2.21. The van der Waals surface area contributed by atoms with Crippen LogP contribution in [0.2, 0.25) is 10.0 Å². The summed E-state index contributed by atoms with van der Waals surface area (Å²) in [6.45, 7) is 5.85. The number of nitro benzene ring substituents is 1. The Bertz CT molecular complexity index is 1270. The minimum absolute atomic E-state index is 0.0212. The molecule has 3 aromatic rings. The molecule has 2 aromatic carbocycles. The van der Waals surface area contributed by atoms with Crippen LogP contribution in [-0.2, 0) is 11.3 Å². The zero-order chi connectivity index (χ0) is 25.5. The van der Waals surface area contributed by atoms with Crippen LogP contribution in [0, 0.1) is 10.1 Å². The average molecular weight is 535 g/mol. The second-order valence-electron chi connectivity index (χ2n) is 7.20. The molecule has 0 fully saturated rings. The van der Waals surface area contributed by atoms with Crippen LogP contribution in [-0.4, -0.2) is 37.3 Å². The first kappa shape index (κ1) is 26.2. The summed E-state index contributed by atoms with van der Waals surface area (Å²) >= 11 is 13.2. The summed E-state index contributed by atoms with van der Waals surface area (Å²) in [6.07, 6.45) is 1.65. The molecule has 0 saturated carbocycles. The first-order valence-corrected chi connectivity index (χ1v) is 11.9. The van der Waals surface area contributed by atoms with Crippen LogP contribution in [0.15, 0.2) is 60.3 Å². The number of carbonyl (C=O) groups excluding carboxylic acids is 2. The molecule has 1 heterocycles. The summed E-state index contributed by atoms with van der Waals surface area (Å²) in [5.74, 6) is -0.226. The number of non-ortho nitro benzene ring substituents is 1. The number of nitrogens with zero attached hydrogens (tertiary/aromatic N) is 4. The number of hydrogen-bond acceptors (Lipinski definition) is 7. The third-order valence-electron chi connectivity index (χ3n) is 4.66. The molecule has 10 nitrogen and oxygen atoms in total. The zero-order valence-electron chi connectivity index (χ0n) is 18.4. The van der Waals surface area contributed by atoms with Crippen LogP contribution in [0.25, 0.3) is 0 Å². The number of hydrogen-bond donors (Lipinski definition) is 2. The minimum Gasteiger partial charge on any atom is -0.342 e. The predicted molar refractivity (Wildman–Crippen MR) is 135 cm³/mol. The minimum atomic E-state index is -0.523. The van der Waals surface area contributed by atoms with Crippen molar-refractivity contribution in [2.75, 3.05) is 11.1 Å². The van der Waals surface area contributed by atoms with Gasteiger partial charge in [0.2, 0.25) is 5.91 Å². The van der Waals surface area contributed by atoms with Crippen LogP contribution in [0.4, 0.5) is 11.4 Å². The van der Waals surface area contributed by atoms with E-state index in [0.29, 0.717) is 28.2 Å². The number of benzene rings is 2. The van der Waals surface area contributed by atoms with Gasteiger partial charge in [0.05, 0.1) is 27.3 Å². The molecule has 2 N–H and O–H groups in total. The number of nitro groups is 1. The van der Waals surface area contributed by atoms with Crippen molar-refractivity contribution in [1.29, 1.82) is 0 Å². The third kappa shape index (κ3) is 6.81. The molecule has 0 bridgehead atoms. The SMILES string of the molecule is C=CCn1c(SCC(=O)Nc2ccc([N+](=O)[O-])cc2)nnc1C(C)NC(=O)c1ccc(Cl)cc1Cl. The van der Waals surface area contributed by atoms with Gasteiger partial charge in [-0.25, -0.2) is 0 Å². The lowest BCUT2D eigenvalue weighted by atomic mass is 10.2. The highest BCUT2D eigenvalue weighted by atomic mass is 35.5. The van der Waals surface area contributed by atoms with Gasteiger partial charge in [-0.15, -0.1) is 16.8 Å². The van der Waals surface area contributed by atoms with Gasteiger partial charge in [-0.2, -0.15) is 0 Å². The van der Waals surface area contributed by atoms with E-state index >= 15 is 0 Å². The molecule has 35 heavy (non-hydrogen) atoms. The molecule has 0 spiro atoms. The van der Waals surface area contributed by atoms with Gasteiger partial charge in [-0.05, 0) is 37.3 Å².